The summed E-state index contributed by atoms with van der Waals surface area (Å²) >= 11 is 5.41. The number of oxazole rings is 2. The fourth-order valence-corrected chi connectivity index (χ4v) is 10.1. The van der Waals surface area contributed by atoms with E-state index in [0.29, 0.717) is 0 Å². The van der Waals surface area contributed by atoms with Gasteiger partial charge in [0.05, 0.1) is 44.2 Å². The van der Waals surface area contributed by atoms with E-state index >= 15 is 0 Å². The highest BCUT2D eigenvalue weighted by molar-refractivity contribution is 7.12. The summed E-state index contributed by atoms with van der Waals surface area (Å²) in [6.45, 7) is 61.6. The van der Waals surface area contributed by atoms with Crippen LogP contribution in [0.3, 0.4) is 0 Å². The van der Waals surface area contributed by atoms with Crippen LogP contribution in [0, 0.1) is 208 Å². The van der Waals surface area contributed by atoms with E-state index in [1.54, 1.807) is 22.7 Å². The van der Waals surface area contributed by atoms with Crippen molar-refractivity contribution in [1.29, 1.82) is 0 Å². The van der Waals surface area contributed by atoms with Crippen molar-refractivity contribution < 1.29 is 13.3 Å². The fraction of sp³-hybridized carbons (Fsp3) is 0.524. The standard InChI is InChI=1S/C9H15N.C8H12O.C8H12S.2C7H12N2.2C6H9NO.2C6H9NS/c1-6-7(2)9(4)10(5)8(6)3;2*1-5-6(2)8(4)9-7(5)3;2*1-5-6(2)9(4)7(3)8-5;4*1-4-5(2)8-6(3)7-4/h1-5H3;4*1-4H3;4*1-3H3. The van der Waals surface area contributed by atoms with Crippen LogP contribution in [0.1, 0.15) is 166 Å². The number of aryl methyl sites for hydroxylation is 20. The van der Waals surface area contributed by atoms with Gasteiger partial charge in [0, 0.05) is 77.3 Å². The Morgan fingerprint density at radius 3 is 0.641 bits per heavy atom. The van der Waals surface area contributed by atoms with E-state index in [9.17, 15) is 0 Å². The van der Waals surface area contributed by atoms with Gasteiger partial charge in [-0.25, -0.2) is 29.9 Å². The second kappa shape index (κ2) is 31.8. The Kier molecular flexibility index (Phi) is 28.7. The first-order valence-corrected chi connectivity index (χ1v) is 29.0. The number of aromatic nitrogens is 9. The largest absolute Gasteiger partial charge is 0.466 e. The second-order valence-electron chi connectivity index (χ2n) is 20.2. The number of thiophene rings is 1. The molecule has 0 spiro atoms. The molecule has 9 rings (SSSR count). The van der Waals surface area contributed by atoms with Gasteiger partial charge in [0.15, 0.2) is 11.8 Å². The van der Waals surface area contributed by atoms with E-state index in [1.807, 2.05) is 136 Å². The molecule has 0 aliphatic carbocycles. The van der Waals surface area contributed by atoms with Crippen LogP contribution >= 0.6 is 34.0 Å². The molecular weight excluding hydrogens is 1030 g/mol. The molecule has 0 saturated heterocycles. The maximum atomic E-state index is 5.34. The SMILES string of the molecule is Cc1c(C)c(C)n(C)c1C.Cc1nc(C)c(C)o1.Cc1nc(C)c(C)o1.Cc1nc(C)c(C)s1.Cc1nc(C)c(C)s1.Cc1nc(C)n(C)c1C.Cc1nc(C)n(C)c1C.Cc1oc(C)c(C)c1C.Cc1sc(C)c(C)c1C. The maximum absolute atomic E-state index is 5.34. The van der Waals surface area contributed by atoms with Crippen LogP contribution in [0.25, 0.3) is 0 Å². The highest BCUT2D eigenvalue weighted by atomic mass is 32.1. The molecule has 0 N–H and O–H groups in total. The fourth-order valence-electron chi connectivity index (χ4n) is 7.42. The third-order valence-electron chi connectivity index (χ3n) is 14.7. The molecule has 0 aliphatic rings. The first-order valence-electron chi connectivity index (χ1n) is 26.6. The summed E-state index contributed by atoms with van der Waals surface area (Å²) in [5.41, 5.74) is 20.2. The molecule has 0 aromatic carbocycles. The van der Waals surface area contributed by atoms with Crippen LogP contribution in [0.15, 0.2) is 13.3 Å². The van der Waals surface area contributed by atoms with Gasteiger partial charge in [0.25, 0.3) is 0 Å². The van der Waals surface area contributed by atoms with Crippen LogP contribution < -0.4 is 0 Å². The van der Waals surface area contributed by atoms with Crippen LogP contribution in [-0.4, -0.2) is 43.6 Å². The Labute approximate surface area is 483 Å². The smallest absolute Gasteiger partial charge is 0.191 e. The summed E-state index contributed by atoms with van der Waals surface area (Å²) in [6.07, 6.45) is 0. The lowest BCUT2D eigenvalue weighted by atomic mass is 10.2. The van der Waals surface area contributed by atoms with Crippen molar-refractivity contribution in [3.05, 3.63) is 166 Å². The monoisotopic (exact) mass is 1130 g/mol. The first-order chi connectivity index (χ1) is 35.9. The van der Waals surface area contributed by atoms with Gasteiger partial charge < -0.3 is 27.0 Å². The van der Waals surface area contributed by atoms with Gasteiger partial charge in [-0.2, -0.15) is 0 Å². The molecule has 78 heavy (non-hydrogen) atoms. The zero-order chi connectivity index (χ0) is 60.5. The van der Waals surface area contributed by atoms with Crippen LogP contribution in [0.5, 0.6) is 0 Å². The Morgan fingerprint density at radius 1 is 0.256 bits per heavy atom. The summed E-state index contributed by atoms with van der Waals surface area (Å²) < 4.78 is 22.0. The molecule has 0 saturated carbocycles. The van der Waals surface area contributed by atoms with Crippen molar-refractivity contribution >= 4 is 34.0 Å². The average molecular weight is 1130 g/mol. The summed E-state index contributed by atoms with van der Waals surface area (Å²) in [5, 5.41) is 2.33. The van der Waals surface area contributed by atoms with Gasteiger partial charge >= 0.3 is 0 Å². The highest BCUT2D eigenvalue weighted by Gasteiger charge is 2.08. The molecule has 9 heterocycles. The minimum absolute atomic E-state index is 0.750. The lowest BCUT2D eigenvalue weighted by Crippen LogP contribution is -1.92. The number of hydrogen-bond acceptors (Lipinski definition) is 12. The number of imidazole rings is 2. The predicted molar refractivity (Wildman–Crippen MR) is 334 cm³/mol. The van der Waals surface area contributed by atoms with Crippen molar-refractivity contribution in [3.8, 4) is 0 Å². The van der Waals surface area contributed by atoms with E-state index < -0.39 is 0 Å². The van der Waals surface area contributed by atoms with Crippen molar-refractivity contribution in [1.82, 2.24) is 43.6 Å². The summed E-state index contributed by atoms with van der Waals surface area (Å²) in [6, 6.07) is 0. The molecule has 432 valence electrons. The molecule has 9 aromatic rings. The Morgan fingerprint density at radius 2 is 0.564 bits per heavy atom. The number of rotatable bonds is 0. The quantitative estimate of drug-likeness (QED) is 0.146. The van der Waals surface area contributed by atoms with Crippen molar-refractivity contribution in [2.45, 2.75) is 208 Å². The van der Waals surface area contributed by atoms with E-state index in [-0.39, 0.29) is 0 Å². The molecular formula is C63H99N9O3S3. The minimum Gasteiger partial charge on any atom is -0.466 e. The van der Waals surface area contributed by atoms with Gasteiger partial charge in [-0.3, -0.25) is 0 Å². The third-order valence-corrected chi connectivity index (χ3v) is 17.9. The van der Waals surface area contributed by atoms with Crippen LogP contribution in [0.2, 0.25) is 0 Å². The Hall–Kier alpha value is -5.64. The van der Waals surface area contributed by atoms with Gasteiger partial charge in [-0.1, -0.05) is 0 Å². The second-order valence-corrected chi connectivity index (χ2v) is 24.4. The predicted octanol–water partition coefficient (Wildman–Crippen LogP) is 17.8. The number of hydrogen-bond donors (Lipinski definition) is 0. The summed E-state index contributed by atoms with van der Waals surface area (Å²) in [4.78, 5) is 30.7. The normalized spacial score (nSPS) is 10.1. The van der Waals surface area contributed by atoms with Crippen molar-refractivity contribution in [2.75, 3.05) is 0 Å². The lowest BCUT2D eigenvalue weighted by molar-refractivity contribution is 0.493. The zero-order valence-corrected chi connectivity index (χ0v) is 56.9. The van der Waals surface area contributed by atoms with Gasteiger partial charge in [0.2, 0.25) is 0 Å². The van der Waals surface area contributed by atoms with Gasteiger partial charge in [-0.05, 0) is 227 Å². The van der Waals surface area contributed by atoms with Crippen LogP contribution in [0.4, 0.5) is 0 Å². The van der Waals surface area contributed by atoms with E-state index in [2.05, 4.69) is 148 Å². The molecule has 0 atom stereocenters. The first kappa shape index (κ1) is 70.4. The third kappa shape index (κ3) is 21.2. The molecule has 15 heteroatoms. The Bertz CT molecular complexity index is 2670. The molecule has 0 fully saturated rings. The maximum Gasteiger partial charge on any atom is 0.191 e. The molecule has 0 aliphatic heterocycles. The van der Waals surface area contributed by atoms with Crippen molar-refractivity contribution in [2.24, 2.45) is 21.1 Å². The average Bonchev–Trinajstić information content (AvgIpc) is 4.23. The lowest BCUT2D eigenvalue weighted by Gasteiger charge is -1.98. The van der Waals surface area contributed by atoms with E-state index in [4.69, 9.17) is 13.3 Å². The molecule has 12 nitrogen and oxygen atoms in total. The van der Waals surface area contributed by atoms with E-state index in [1.165, 1.54) is 97.1 Å². The van der Waals surface area contributed by atoms with Gasteiger partial charge in [-0.15, -0.1) is 34.0 Å². The van der Waals surface area contributed by atoms with E-state index in [0.717, 1.165) is 69.2 Å². The number of furan rings is 1. The molecule has 9 aromatic heterocycles. The summed E-state index contributed by atoms with van der Waals surface area (Å²) in [7, 11) is 6.18. The van der Waals surface area contributed by atoms with Crippen molar-refractivity contribution in [3.63, 3.8) is 0 Å². The molecule has 0 radical (unpaired) electrons. The minimum atomic E-state index is 0.750. The van der Waals surface area contributed by atoms with Crippen LogP contribution in [-0.2, 0) is 21.1 Å². The van der Waals surface area contributed by atoms with Gasteiger partial charge in [0.1, 0.15) is 34.7 Å². The summed E-state index contributed by atoms with van der Waals surface area (Å²) in [5.74, 6) is 7.61. The number of thiazole rings is 2. The number of nitrogens with zero attached hydrogens (tertiary/aromatic N) is 9. The zero-order valence-electron chi connectivity index (χ0n) is 54.5. The highest BCUT2D eigenvalue weighted by Crippen LogP contribution is 2.25. The topological polar surface area (TPSA) is 132 Å². The Balaban J connectivity index is 0.000000439. The molecule has 0 amide bonds. The molecule has 0 bridgehead atoms. The molecule has 0 unspecified atom stereocenters.